The van der Waals surface area contributed by atoms with Crippen molar-refractivity contribution in [2.45, 2.75) is 32.1 Å². The smallest absolute Gasteiger partial charge is 0.330 e. The molecule has 0 saturated heterocycles. The molecule has 0 heterocycles. The van der Waals surface area contributed by atoms with Crippen LogP contribution < -0.4 is 4.74 Å². The Kier molecular flexibility index (Phi) is 7.87. The van der Waals surface area contributed by atoms with E-state index in [4.69, 9.17) is 9.47 Å². The van der Waals surface area contributed by atoms with Crippen molar-refractivity contribution in [3.05, 3.63) is 42.5 Å². The van der Waals surface area contributed by atoms with Crippen LogP contribution in [0.25, 0.3) is 0 Å². The van der Waals surface area contributed by atoms with Gasteiger partial charge in [-0.1, -0.05) is 18.7 Å². The van der Waals surface area contributed by atoms with Gasteiger partial charge in [0.15, 0.2) is 0 Å². The number of ketones is 1. The van der Waals surface area contributed by atoms with E-state index < -0.39 is 5.97 Å². The molecule has 4 nitrogen and oxygen atoms in total. The van der Waals surface area contributed by atoms with Gasteiger partial charge in [0.1, 0.15) is 11.5 Å². The molecule has 0 aliphatic rings. The lowest BCUT2D eigenvalue weighted by Crippen LogP contribution is -2.05. The summed E-state index contributed by atoms with van der Waals surface area (Å²) in [4.78, 5) is 22.5. The van der Waals surface area contributed by atoms with Crippen molar-refractivity contribution in [3.8, 4) is 5.75 Å². The Labute approximate surface area is 125 Å². The Morgan fingerprint density at radius 2 is 1.81 bits per heavy atom. The molecular weight excluding hydrogens is 268 g/mol. The summed E-state index contributed by atoms with van der Waals surface area (Å²) in [6.07, 6.45) is 4.41. The molecule has 0 saturated carbocycles. The van der Waals surface area contributed by atoms with E-state index in [1.54, 1.807) is 7.11 Å². The van der Waals surface area contributed by atoms with Crippen molar-refractivity contribution >= 4 is 11.8 Å². The van der Waals surface area contributed by atoms with E-state index >= 15 is 0 Å². The van der Waals surface area contributed by atoms with Gasteiger partial charge in [-0.3, -0.25) is 4.79 Å². The zero-order valence-electron chi connectivity index (χ0n) is 12.5. The molecule has 0 radical (unpaired) electrons. The van der Waals surface area contributed by atoms with Crippen molar-refractivity contribution in [1.29, 1.82) is 0 Å². The van der Waals surface area contributed by atoms with Crippen LogP contribution in [0.3, 0.4) is 0 Å². The summed E-state index contributed by atoms with van der Waals surface area (Å²) in [5.74, 6) is 0.601. The number of ether oxygens (including phenoxy) is 2. The van der Waals surface area contributed by atoms with E-state index in [0.29, 0.717) is 19.3 Å². The molecule has 0 aliphatic heterocycles. The minimum atomic E-state index is -0.443. The van der Waals surface area contributed by atoms with Gasteiger partial charge < -0.3 is 9.47 Å². The SMILES string of the molecule is C=CC(=O)OCCCC(=O)CCCc1ccc(OC)cc1. The monoisotopic (exact) mass is 290 g/mol. The highest BCUT2D eigenvalue weighted by molar-refractivity contribution is 5.81. The number of rotatable bonds is 10. The Morgan fingerprint density at radius 3 is 2.43 bits per heavy atom. The van der Waals surface area contributed by atoms with Crippen LogP contribution in [0.2, 0.25) is 0 Å². The maximum Gasteiger partial charge on any atom is 0.330 e. The molecule has 1 aromatic carbocycles. The van der Waals surface area contributed by atoms with Crippen molar-refractivity contribution < 1.29 is 19.1 Å². The van der Waals surface area contributed by atoms with Crippen LogP contribution in [0.4, 0.5) is 0 Å². The number of benzene rings is 1. The molecule has 0 amide bonds. The maximum absolute atomic E-state index is 11.7. The third kappa shape index (κ3) is 7.30. The molecule has 0 atom stereocenters. The van der Waals surface area contributed by atoms with Crippen LogP contribution in [0.15, 0.2) is 36.9 Å². The van der Waals surface area contributed by atoms with E-state index in [1.165, 1.54) is 5.56 Å². The molecule has 0 fully saturated rings. The highest BCUT2D eigenvalue weighted by Gasteiger charge is 2.04. The first-order chi connectivity index (χ1) is 10.2. The molecule has 1 rings (SSSR count). The van der Waals surface area contributed by atoms with Gasteiger partial charge in [-0.2, -0.15) is 0 Å². The number of Topliss-reactive ketones (excluding diaryl/α,β-unsaturated/α-hetero) is 1. The molecule has 0 aromatic heterocycles. The van der Waals surface area contributed by atoms with Crippen LogP contribution in [0.1, 0.15) is 31.2 Å². The standard InChI is InChI=1S/C17H22O4/c1-3-17(19)21-13-5-8-15(18)7-4-6-14-9-11-16(20-2)12-10-14/h3,9-12H,1,4-8,13H2,2H3. The Bertz CT molecular complexity index is 462. The maximum atomic E-state index is 11.7. The summed E-state index contributed by atoms with van der Waals surface area (Å²) in [7, 11) is 1.64. The molecule has 0 spiro atoms. The average molecular weight is 290 g/mol. The number of hydrogen-bond acceptors (Lipinski definition) is 4. The van der Waals surface area contributed by atoms with Gasteiger partial charge in [0.25, 0.3) is 0 Å². The van der Waals surface area contributed by atoms with Crippen LogP contribution in [0, 0.1) is 0 Å². The van der Waals surface area contributed by atoms with Gasteiger partial charge in [-0.15, -0.1) is 0 Å². The highest BCUT2D eigenvalue weighted by Crippen LogP contribution is 2.13. The fourth-order valence-corrected chi connectivity index (χ4v) is 1.91. The van der Waals surface area contributed by atoms with Gasteiger partial charge in [0, 0.05) is 18.9 Å². The molecular formula is C17H22O4. The van der Waals surface area contributed by atoms with Gasteiger partial charge in [-0.25, -0.2) is 4.79 Å². The van der Waals surface area contributed by atoms with E-state index in [-0.39, 0.29) is 12.4 Å². The van der Waals surface area contributed by atoms with Crippen LogP contribution in [0.5, 0.6) is 5.75 Å². The van der Waals surface area contributed by atoms with Crippen molar-refractivity contribution in [3.63, 3.8) is 0 Å². The first kappa shape index (κ1) is 17.0. The van der Waals surface area contributed by atoms with Gasteiger partial charge in [0.05, 0.1) is 13.7 Å². The lowest BCUT2D eigenvalue weighted by atomic mass is 10.0. The summed E-state index contributed by atoms with van der Waals surface area (Å²) in [5, 5.41) is 0. The summed E-state index contributed by atoms with van der Waals surface area (Å²) in [6.45, 7) is 3.58. The van der Waals surface area contributed by atoms with Crippen molar-refractivity contribution in [2.75, 3.05) is 13.7 Å². The number of aryl methyl sites for hydroxylation is 1. The predicted octanol–water partition coefficient (Wildman–Crippen LogP) is 3.10. The summed E-state index contributed by atoms with van der Waals surface area (Å²) < 4.78 is 9.91. The Morgan fingerprint density at radius 1 is 1.14 bits per heavy atom. The number of carbonyl (C=O) groups excluding carboxylic acids is 2. The predicted molar refractivity (Wildman–Crippen MR) is 81.3 cm³/mol. The topological polar surface area (TPSA) is 52.6 Å². The summed E-state index contributed by atoms with van der Waals surface area (Å²) >= 11 is 0. The minimum Gasteiger partial charge on any atom is -0.497 e. The Balaban J connectivity index is 2.12. The van der Waals surface area contributed by atoms with Gasteiger partial charge in [0.2, 0.25) is 0 Å². The van der Waals surface area contributed by atoms with Crippen molar-refractivity contribution in [2.24, 2.45) is 0 Å². The second-order valence-electron chi connectivity index (χ2n) is 4.72. The van der Waals surface area contributed by atoms with Gasteiger partial charge >= 0.3 is 5.97 Å². The summed E-state index contributed by atoms with van der Waals surface area (Å²) in [6, 6.07) is 7.87. The quantitative estimate of drug-likeness (QED) is 0.377. The number of esters is 1. The van der Waals surface area contributed by atoms with Gasteiger partial charge in [-0.05, 0) is 37.0 Å². The number of carbonyl (C=O) groups is 2. The minimum absolute atomic E-state index is 0.207. The lowest BCUT2D eigenvalue weighted by molar-refractivity contribution is -0.138. The fraction of sp³-hybridized carbons (Fsp3) is 0.412. The number of methoxy groups -OCH3 is 1. The van der Waals surface area contributed by atoms with E-state index in [9.17, 15) is 9.59 Å². The first-order valence-electron chi connectivity index (χ1n) is 7.09. The molecule has 0 bridgehead atoms. The molecule has 4 heteroatoms. The zero-order valence-corrected chi connectivity index (χ0v) is 12.5. The molecule has 0 N–H and O–H groups in total. The van der Waals surface area contributed by atoms with Crippen LogP contribution in [-0.2, 0) is 20.7 Å². The number of hydrogen-bond donors (Lipinski definition) is 0. The second-order valence-corrected chi connectivity index (χ2v) is 4.72. The molecule has 21 heavy (non-hydrogen) atoms. The second kappa shape index (κ2) is 9.75. The first-order valence-corrected chi connectivity index (χ1v) is 7.09. The van der Waals surface area contributed by atoms with Crippen LogP contribution in [-0.4, -0.2) is 25.5 Å². The lowest BCUT2D eigenvalue weighted by Gasteiger charge is -2.04. The Hall–Kier alpha value is -2.10. The van der Waals surface area contributed by atoms with E-state index in [0.717, 1.165) is 24.7 Å². The molecule has 0 aliphatic carbocycles. The molecule has 114 valence electrons. The molecule has 0 unspecified atom stereocenters. The molecule has 1 aromatic rings. The third-order valence-electron chi connectivity index (χ3n) is 3.09. The fourth-order valence-electron chi connectivity index (χ4n) is 1.91. The normalized spacial score (nSPS) is 9.95. The third-order valence-corrected chi connectivity index (χ3v) is 3.09. The zero-order chi connectivity index (χ0) is 15.5. The average Bonchev–Trinajstić information content (AvgIpc) is 2.52. The van der Waals surface area contributed by atoms with Crippen LogP contribution >= 0.6 is 0 Å². The highest BCUT2D eigenvalue weighted by atomic mass is 16.5. The largest absolute Gasteiger partial charge is 0.497 e. The van der Waals surface area contributed by atoms with E-state index in [2.05, 4.69) is 6.58 Å². The summed E-state index contributed by atoms with van der Waals surface area (Å²) in [5.41, 5.74) is 1.20. The van der Waals surface area contributed by atoms with E-state index in [1.807, 2.05) is 24.3 Å². The van der Waals surface area contributed by atoms with Crippen molar-refractivity contribution in [1.82, 2.24) is 0 Å².